The molecular weight excluding hydrogens is 314 g/mol. The Morgan fingerprint density at radius 3 is 2.67 bits per heavy atom. The lowest BCUT2D eigenvalue weighted by molar-refractivity contribution is -0.158. The Bertz CT molecular complexity index is 456. The van der Waals surface area contributed by atoms with E-state index in [4.69, 9.17) is 18.9 Å². The summed E-state index contributed by atoms with van der Waals surface area (Å²) in [5, 5.41) is 2.54. The maximum atomic E-state index is 12.3. The Kier molecular flexibility index (Phi) is 7.69. The van der Waals surface area contributed by atoms with Gasteiger partial charge in [-0.1, -0.05) is 12.2 Å². The summed E-state index contributed by atoms with van der Waals surface area (Å²) in [6.45, 7) is 13.6. The first-order chi connectivity index (χ1) is 11.1. The van der Waals surface area contributed by atoms with E-state index < -0.39 is 29.8 Å². The van der Waals surface area contributed by atoms with Gasteiger partial charge in [-0.2, -0.15) is 0 Å². The van der Waals surface area contributed by atoms with Crippen LogP contribution in [-0.4, -0.2) is 55.7 Å². The standard InChI is InChI=1S/C17H29NO6/c1-11(2)9-22-14-10-21-8-7-13(15(19)23-12(14)3)18-16(20)24-17(4,5)6/h12-14H,1,7-10H2,2-6H3,(H,18,20)/t12-,13-,14+/m0/s1. The van der Waals surface area contributed by atoms with Crippen molar-refractivity contribution in [2.24, 2.45) is 0 Å². The molecule has 0 spiro atoms. The van der Waals surface area contributed by atoms with Crippen LogP contribution in [-0.2, 0) is 23.7 Å². The first kappa shape index (κ1) is 20.4. The number of nitrogens with one attached hydrogen (secondary N) is 1. The highest BCUT2D eigenvalue weighted by Crippen LogP contribution is 2.13. The zero-order chi connectivity index (χ0) is 18.3. The molecule has 7 nitrogen and oxygen atoms in total. The van der Waals surface area contributed by atoms with Crippen molar-refractivity contribution in [2.75, 3.05) is 19.8 Å². The van der Waals surface area contributed by atoms with Crippen LogP contribution in [0.3, 0.4) is 0 Å². The smallest absolute Gasteiger partial charge is 0.408 e. The monoisotopic (exact) mass is 343 g/mol. The summed E-state index contributed by atoms with van der Waals surface area (Å²) in [6, 6.07) is -0.817. The Hall–Kier alpha value is -1.60. The van der Waals surface area contributed by atoms with E-state index in [1.807, 2.05) is 6.92 Å². The lowest BCUT2D eigenvalue weighted by Gasteiger charge is -2.25. The molecule has 1 aliphatic heterocycles. The van der Waals surface area contributed by atoms with Crippen molar-refractivity contribution in [2.45, 2.75) is 64.9 Å². The second kappa shape index (κ2) is 9.03. The maximum absolute atomic E-state index is 12.3. The Morgan fingerprint density at radius 1 is 1.42 bits per heavy atom. The number of cyclic esters (lactones) is 1. The first-order valence-corrected chi connectivity index (χ1v) is 8.12. The van der Waals surface area contributed by atoms with Gasteiger partial charge in [0.05, 0.1) is 13.2 Å². The van der Waals surface area contributed by atoms with E-state index in [2.05, 4.69) is 11.9 Å². The molecule has 1 rings (SSSR count). The molecular formula is C17H29NO6. The van der Waals surface area contributed by atoms with Gasteiger partial charge in [-0.3, -0.25) is 0 Å². The molecule has 3 atom stereocenters. The van der Waals surface area contributed by atoms with E-state index in [9.17, 15) is 9.59 Å². The number of amides is 1. The summed E-state index contributed by atoms with van der Waals surface area (Å²) in [4.78, 5) is 24.2. The first-order valence-electron chi connectivity index (χ1n) is 8.12. The predicted molar refractivity (Wildman–Crippen MR) is 88.7 cm³/mol. The van der Waals surface area contributed by atoms with Crippen LogP contribution < -0.4 is 5.32 Å². The zero-order valence-electron chi connectivity index (χ0n) is 15.2. The number of rotatable bonds is 4. The summed E-state index contributed by atoms with van der Waals surface area (Å²) in [5.74, 6) is -0.525. The van der Waals surface area contributed by atoms with Crippen LogP contribution in [0.15, 0.2) is 12.2 Å². The zero-order valence-corrected chi connectivity index (χ0v) is 15.2. The van der Waals surface area contributed by atoms with Crippen molar-refractivity contribution >= 4 is 12.1 Å². The van der Waals surface area contributed by atoms with E-state index in [-0.39, 0.29) is 6.10 Å². The molecule has 0 aromatic rings. The van der Waals surface area contributed by atoms with E-state index >= 15 is 0 Å². The van der Waals surface area contributed by atoms with E-state index in [1.54, 1.807) is 27.7 Å². The second-order valence-corrected chi connectivity index (χ2v) is 7.01. The van der Waals surface area contributed by atoms with E-state index in [0.29, 0.717) is 26.2 Å². The SMILES string of the molecule is C=C(C)CO[C@@H]1COCC[C@H](NC(=O)OC(C)(C)C)C(=O)O[C@H]1C. The van der Waals surface area contributed by atoms with Crippen LogP contribution in [0.5, 0.6) is 0 Å². The summed E-state index contributed by atoms with van der Waals surface area (Å²) >= 11 is 0. The predicted octanol–water partition coefficient (Wildman–Crippen LogP) is 2.19. The van der Waals surface area contributed by atoms with Gasteiger partial charge in [0.1, 0.15) is 23.9 Å². The molecule has 24 heavy (non-hydrogen) atoms. The molecule has 7 heteroatoms. The molecule has 1 N–H and O–H groups in total. The molecule has 0 unspecified atom stereocenters. The normalized spacial score (nSPS) is 25.7. The van der Waals surface area contributed by atoms with E-state index in [0.717, 1.165) is 5.57 Å². The van der Waals surface area contributed by atoms with Gasteiger partial charge >= 0.3 is 12.1 Å². The average molecular weight is 343 g/mol. The van der Waals surface area contributed by atoms with Gasteiger partial charge in [0.25, 0.3) is 0 Å². The minimum Gasteiger partial charge on any atom is -0.458 e. The number of hydrogen-bond acceptors (Lipinski definition) is 6. The molecule has 0 radical (unpaired) electrons. The van der Waals surface area contributed by atoms with Crippen LogP contribution in [0.25, 0.3) is 0 Å². The highest BCUT2D eigenvalue weighted by Gasteiger charge is 2.31. The largest absolute Gasteiger partial charge is 0.458 e. The highest BCUT2D eigenvalue weighted by molar-refractivity contribution is 5.81. The summed E-state index contributed by atoms with van der Waals surface area (Å²) < 4.78 is 21.8. The summed E-state index contributed by atoms with van der Waals surface area (Å²) in [6.07, 6.45) is -1.24. The maximum Gasteiger partial charge on any atom is 0.408 e. The van der Waals surface area contributed by atoms with Gasteiger partial charge in [0, 0.05) is 13.0 Å². The van der Waals surface area contributed by atoms with Crippen LogP contribution in [0.4, 0.5) is 4.79 Å². The molecule has 0 bridgehead atoms. The quantitative estimate of drug-likeness (QED) is 0.622. The van der Waals surface area contributed by atoms with Crippen molar-refractivity contribution in [1.82, 2.24) is 5.32 Å². The minimum atomic E-state index is -0.817. The van der Waals surface area contributed by atoms with Crippen LogP contribution >= 0.6 is 0 Å². The molecule has 0 aromatic carbocycles. The fourth-order valence-electron chi connectivity index (χ4n) is 2.01. The van der Waals surface area contributed by atoms with Crippen molar-refractivity contribution in [3.63, 3.8) is 0 Å². The molecule has 1 saturated heterocycles. The van der Waals surface area contributed by atoms with E-state index in [1.165, 1.54) is 0 Å². The average Bonchev–Trinajstić information content (AvgIpc) is 2.47. The minimum absolute atomic E-state index is 0.301. The number of alkyl carbamates (subject to hydrolysis) is 1. The fourth-order valence-corrected chi connectivity index (χ4v) is 2.01. The molecule has 0 saturated carbocycles. The van der Waals surface area contributed by atoms with Crippen molar-refractivity contribution in [1.29, 1.82) is 0 Å². The van der Waals surface area contributed by atoms with Crippen LogP contribution in [0.2, 0.25) is 0 Å². The molecule has 138 valence electrons. The Labute approximate surface area is 143 Å². The van der Waals surface area contributed by atoms with Gasteiger partial charge < -0.3 is 24.3 Å². The molecule has 0 aliphatic carbocycles. The molecule has 0 aromatic heterocycles. The van der Waals surface area contributed by atoms with Crippen LogP contribution in [0, 0.1) is 0 Å². The van der Waals surface area contributed by atoms with Gasteiger partial charge in [0.2, 0.25) is 0 Å². The number of carbonyl (C=O) groups is 2. The number of hydrogen-bond donors (Lipinski definition) is 1. The molecule has 1 aliphatic rings. The van der Waals surface area contributed by atoms with Crippen LogP contribution in [0.1, 0.15) is 41.0 Å². The number of esters is 1. The Balaban J connectivity index is 2.65. The third kappa shape index (κ3) is 7.79. The van der Waals surface area contributed by atoms with Crippen molar-refractivity contribution in [3.05, 3.63) is 12.2 Å². The van der Waals surface area contributed by atoms with Gasteiger partial charge in [-0.05, 0) is 34.6 Å². The lowest BCUT2D eigenvalue weighted by atomic mass is 10.2. The molecule has 1 fully saturated rings. The fraction of sp³-hybridized carbons (Fsp3) is 0.765. The van der Waals surface area contributed by atoms with Gasteiger partial charge in [-0.25, -0.2) is 9.59 Å². The third-order valence-electron chi connectivity index (χ3n) is 3.18. The van der Waals surface area contributed by atoms with Crippen molar-refractivity contribution in [3.8, 4) is 0 Å². The number of ether oxygens (including phenoxy) is 4. The summed E-state index contributed by atoms with van der Waals surface area (Å²) in [5.41, 5.74) is 0.232. The molecule has 1 amide bonds. The Morgan fingerprint density at radius 2 is 2.08 bits per heavy atom. The topological polar surface area (TPSA) is 83.1 Å². The summed E-state index contributed by atoms with van der Waals surface area (Å²) in [7, 11) is 0. The van der Waals surface area contributed by atoms with Gasteiger partial charge in [-0.15, -0.1) is 0 Å². The molecule has 1 heterocycles. The third-order valence-corrected chi connectivity index (χ3v) is 3.18. The lowest BCUT2D eigenvalue weighted by Crippen LogP contribution is -2.46. The highest BCUT2D eigenvalue weighted by atomic mass is 16.6. The van der Waals surface area contributed by atoms with Crippen molar-refractivity contribution < 1.29 is 28.5 Å². The van der Waals surface area contributed by atoms with Gasteiger partial charge in [0.15, 0.2) is 0 Å². The second-order valence-electron chi connectivity index (χ2n) is 7.01. The number of carbonyl (C=O) groups excluding carboxylic acids is 2.